The minimum Gasteiger partial charge on any atom is -0.496 e. The van der Waals surface area contributed by atoms with Gasteiger partial charge >= 0.3 is 0 Å². The molecule has 0 radical (unpaired) electrons. The smallest absolute Gasteiger partial charge is 0.255 e. The highest BCUT2D eigenvalue weighted by atomic mass is 19.1. The van der Waals surface area contributed by atoms with Crippen molar-refractivity contribution in [1.29, 1.82) is 10.8 Å². The molecule has 6 N–H and O–H groups in total. The molecular formula is C33H33FN6O3. The van der Waals surface area contributed by atoms with E-state index in [0.717, 1.165) is 0 Å². The minimum atomic E-state index is -0.417. The third kappa shape index (κ3) is 6.54. The van der Waals surface area contributed by atoms with Gasteiger partial charge in [0.25, 0.3) is 11.1 Å². The summed E-state index contributed by atoms with van der Waals surface area (Å²) in [4.78, 5) is 25.4. The van der Waals surface area contributed by atoms with Crippen LogP contribution in [0.2, 0.25) is 0 Å². The van der Waals surface area contributed by atoms with Crippen LogP contribution >= 0.6 is 0 Å². The highest BCUT2D eigenvalue weighted by Crippen LogP contribution is 2.27. The monoisotopic (exact) mass is 580 g/mol. The van der Waals surface area contributed by atoms with Gasteiger partial charge in [0.15, 0.2) is 0 Å². The highest BCUT2D eigenvalue weighted by Gasteiger charge is 2.17. The quantitative estimate of drug-likeness (QED) is 0.209. The molecule has 2 aromatic carbocycles. The maximum Gasteiger partial charge on any atom is 0.255 e. The molecule has 0 saturated heterocycles. The number of halogens is 1. The fraction of sp³-hybridized carbons (Fsp3) is 0.152. The number of nitrogens with one attached hydrogen (secondary N) is 2. The fourth-order valence-electron chi connectivity index (χ4n) is 4.96. The number of methoxy groups -OCH3 is 1. The van der Waals surface area contributed by atoms with Gasteiger partial charge in [-0.25, -0.2) is 4.39 Å². The van der Waals surface area contributed by atoms with Gasteiger partial charge in [0, 0.05) is 93.4 Å². The van der Waals surface area contributed by atoms with Gasteiger partial charge in [-0.2, -0.15) is 0 Å². The number of ether oxygens (including phenoxy) is 1. The topological polar surface area (TPSA) is 153 Å². The zero-order valence-corrected chi connectivity index (χ0v) is 24.4. The Morgan fingerprint density at radius 2 is 1.28 bits per heavy atom. The summed E-state index contributed by atoms with van der Waals surface area (Å²) in [5.74, 6) is 0.0400. The van der Waals surface area contributed by atoms with E-state index in [0.29, 0.717) is 56.4 Å². The standard InChI is InChI=1S/C33H33FN6O3/c1-19(35)32(20(2)36)23-6-13-31(42)40(17-23)27-10-5-22(29(16-27)43-4)15-28(38)33(21(3)37)24-7-14-30(41)39(18-24)26-11-8-25(34)9-12-26/h5-14,16-18,35,38H,15,36-37H2,1-4H3. The molecule has 2 aromatic heterocycles. The summed E-state index contributed by atoms with van der Waals surface area (Å²) in [6.45, 7) is 5.02. The maximum atomic E-state index is 13.5. The van der Waals surface area contributed by atoms with E-state index in [4.69, 9.17) is 27.0 Å². The Hall–Kier alpha value is -5.51. The molecule has 0 unspecified atom stereocenters. The lowest BCUT2D eigenvalue weighted by Gasteiger charge is -2.17. The van der Waals surface area contributed by atoms with Crippen molar-refractivity contribution in [3.05, 3.63) is 134 Å². The SMILES string of the molecule is COc1cc(-n2cc(C(C(C)=N)=C(C)N)ccc2=O)ccc1CC(=N)C(=C(C)N)c1ccc(=O)n(-c2ccc(F)cc2)c1. The Morgan fingerprint density at radius 1 is 0.767 bits per heavy atom. The molecule has 10 heteroatoms. The molecule has 0 amide bonds. The molecule has 0 saturated carbocycles. The average Bonchev–Trinajstić information content (AvgIpc) is 2.95. The van der Waals surface area contributed by atoms with Crippen LogP contribution < -0.4 is 27.3 Å². The molecule has 0 atom stereocenters. The number of allylic oxidation sites excluding steroid dienone is 4. The van der Waals surface area contributed by atoms with Crippen LogP contribution in [0.1, 0.15) is 37.5 Å². The van der Waals surface area contributed by atoms with Gasteiger partial charge in [-0.1, -0.05) is 6.07 Å². The van der Waals surface area contributed by atoms with E-state index in [1.807, 2.05) is 0 Å². The summed E-state index contributed by atoms with van der Waals surface area (Å²) in [6.07, 6.45) is 3.36. The lowest BCUT2D eigenvalue weighted by molar-refractivity contribution is 0.411. The molecule has 4 aromatic rings. The maximum absolute atomic E-state index is 13.5. The molecule has 0 aliphatic carbocycles. The van der Waals surface area contributed by atoms with Crippen molar-refractivity contribution < 1.29 is 9.13 Å². The molecule has 0 spiro atoms. The summed E-state index contributed by atoms with van der Waals surface area (Å²) in [5, 5.41) is 17.1. The number of nitrogens with zero attached hydrogens (tertiary/aromatic N) is 2. The van der Waals surface area contributed by atoms with Crippen LogP contribution in [0.15, 0.2) is 100 Å². The van der Waals surface area contributed by atoms with E-state index < -0.39 is 5.82 Å². The van der Waals surface area contributed by atoms with E-state index in [1.165, 1.54) is 52.6 Å². The molecule has 2 heterocycles. The van der Waals surface area contributed by atoms with E-state index in [9.17, 15) is 14.0 Å². The Kier molecular flexibility index (Phi) is 8.89. The van der Waals surface area contributed by atoms with Crippen LogP contribution in [0, 0.1) is 16.6 Å². The van der Waals surface area contributed by atoms with Crippen LogP contribution in [-0.2, 0) is 6.42 Å². The molecule has 9 nitrogen and oxygen atoms in total. The van der Waals surface area contributed by atoms with Crippen LogP contribution in [0.5, 0.6) is 5.75 Å². The lowest BCUT2D eigenvalue weighted by Crippen LogP contribution is -2.19. The van der Waals surface area contributed by atoms with Gasteiger partial charge in [0.05, 0.1) is 12.8 Å². The zero-order valence-electron chi connectivity index (χ0n) is 24.4. The highest BCUT2D eigenvalue weighted by molar-refractivity contribution is 6.23. The first-order valence-electron chi connectivity index (χ1n) is 13.4. The van der Waals surface area contributed by atoms with Gasteiger partial charge in [0.1, 0.15) is 11.6 Å². The van der Waals surface area contributed by atoms with Gasteiger partial charge in [-0.15, -0.1) is 0 Å². The zero-order chi connectivity index (χ0) is 31.4. The predicted molar refractivity (Wildman–Crippen MR) is 169 cm³/mol. The number of pyridine rings is 2. The van der Waals surface area contributed by atoms with Crippen molar-refractivity contribution in [3.8, 4) is 17.1 Å². The molecule has 43 heavy (non-hydrogen) atoms. The normalized spacial score (nSPS) is 12.3. The second-order valence-corrected chi connectivity index (χ2v) is 10.1. The van der Waals surface area contributed by atoms with Crippen molar-refractivity contribution in [2.24, 2.45) is 11.5 Å². The Labute approximate surface area is 248 Å². The number of benzene rings is 2. The van der Waals surface area contributed by atoms with Crippen LogP contribution in [0.4, 0.5) is 4.39 Å². The largest absolute Gasteiger partial charge is 0.496 e. The summed E-state index contributed by atoms with van der Waals surface area (Å²) >= 11 is 0. The summed E-state index contributed by atoms with van der Waals surface area (Å²) in [6, 6.07) is 16.8. The summed E-state index contributed by atoms with van der Waals surface area (Å²) in [7, 11) is 1.51. The third-order valence-corrected chi connectivity index (χ3v) is 6.89. The third-order valence-electron chi connectivity index (χ3n) is 6.89. The first-order chi connectivity index (χ1) is 20.4. The minimum absolute atomic E-state index is 0.143. The number of hydrogen-bond donors (Lipinski definition) is 4. The van der Waals surface area contributed by atoms with Crippen molar-refractivity contribution in [2.45, 2.75) is 27.2 Å². The van der Waals surface area contributed by atoms with Gasteiger partial charge in [-0.3, -0.25) is 18.7 Å². The van der Waals surface area contributed by atoms with Crippen molar-refractivity contribution in [3.63, 3.8) is 0 Å². The van der Waals surface area contributed by atoms with Crippen molar-refractivity contribution >= 4 is 22.6 Å². The molecule has 4 rings (SSSR count). The Bertz CT molecular complexity index is 1910. The first-order valence-corrected chi connectivity index (χ1v) is 13.4. The molecule has 0 aliphatic heterocycles. The van der Waals surface area contributed by atoms with Crippen LogP contribution in [-0.4, -0.2) is 27.7 Å². The van der Waals surface area contributed by atoms with Crippen LogP contribution in [0.25, 0.3) is 22.5 Å². The summed E-state index contributed by atoms with van der Waals surface area (Å²) in [5.41, 5.74) is 16.9. The average molecular weight is 581 g/mol. The van der Waals surface area contributed by atoms with Gasteiger partial charge in [-0.05, 0) is 63.2 Å². The predicted octanol–water partition coefficient (Wildman–Crippen LogP) is 4.82. The summed E-state index contributed by atoms with van der Waals surface area (Å²) < 4.78 is 21.9. The molecule has 0 aliphatic rings. The van der Waals surface area contributed by atoms with E-state index in [-0.39, 0.29) is 29.0 Å². The van der Waals surface area contributed by atoms with Gasteiger partial charge in [0.2, 0.25) is 0 Å². The molecule has 0 fully saturated rings. The second kappa shape index (κ2) is 12.6. The van der Waals surface area contributed by atoms with Gasteiger partial charge < -0.3 is 27.0 Å². The van der Waals surface area contributed by atoms with E-state index in [1.54, 1.807) is 63.5 Å². The number of aromatic nitrogens is 2. The van der Waals surface area contributed by atoms with Crippen LogP contribution in [0.3, 0.4) is 0 Å². The number of rotatable bonds is 9. The lowest BCUT2D eigenvalue weighted by atomic mass is 9.95. The Morgan fingerprint density at radius 3 is 1.79 bits per heavy atom. The van der Waals surface area contributed by atoms with E-state index >= 15 is 0 Å². The first kappa shape index (κ1) is 30.4. The fourth-order valence-corrected chi connectivity index (χ4v) is 4.96. The van der Waals surface area contributed by atoms with Crippen molar-refractivity contribution in [1.82, 2.24) is 9.13 Å². The molecular weight excluding hydrogens is 547 g/mol. The number of hydrogen-bond acceptors (Lipinski definition) is 7. The molecule has 0 bridgehead atoms. The Balaban J connectivity index is 1.70. The van der Waals surface area contributed by atoms with Crippen molar-refractivity contribution in [2.75, 3.05) is 7.11 Å². The second-order valence-electron chi connectivity index (χ2n) is 10.1. The molecule has 220 valence electrons. The van der Waals surface area contributed by atoms with E-state index in [2.05, 4.69) is 0 Å². The number of nitrogens with two attached hydrogens (primary N) is 2.